The summed E-state index contributed by atoms with van der Waals surface area (Å²) in [4.78, 5) is 0. The molecule has 5 heteroatoms. The van der Waals surface area contributed by atoms with Crippen molar-refractivity contribution in [1.82, 2.24) is 0 Å². The Labute approximate surface area is 126 Å². The van der Waals surface area contributed by atoms with E-state index in [-0.39, 0.29) is 0 Å². The third-order valence-electron chi connectivity index (χ3n) is 2.33. The van der Waals surface area contributed by atoms with Crippen LogP contribution in [-0.2, 0) is 6.54 Å². The Morgan fingerprint density at radius 2 is 1.44 bits per heavy atom. The molecule has 0 atom stereocenters. The first-order valence-corrected chi connectivity index (χ1v) is 6.69. The summed E-state index contributed by atoms with van der Waals surface area (Å²) in [5.41, 5.74) is 1.75. The zero-order chi connectivity index (χ0) is 13.1. The molecular weight excluding hydrogens is 312 g/mol. The van der Waals surface area contributed by atoms with Gasteiger partial charge in [-0.25, -0.2) is 0 Å². The van der Waals surface area contributed by atoms with Crippen LogP contribution in [-0.4, -0.2) is 0 Å². The summed E-state index contributed by atoms with van der Waals surface area (Å²) in [5, 5.41) is 5.66. The second-order valence-electron chi connectivity index (χ2n) is 3.76. The first-order chi connectivity index (χ1) is 8.54. The summed E-state index contributed by atoms with van der Waals surface area (Å²) >= 11 is 23.8. The number of halogens is 4. The highest BCUT2D eigenvalue weighted by molar-refractivity contribution is 6.35. The van der Waals surface area contributed by atoms with Crippen molar-refractivity contribution in [1.29, 1.82) is 0 Å². The first-order valence-electron chi connectivity index (χ1n) is 5.18. The third-order valence-corrected chi connectivity index (χ3v) is 3.33. The lowest BCUT2D eigenvalue weighted by Crippen LogP contribution is -2.00. The molecule has 94 valence electrons. The van der Waals surface area contributed by atoms with Crippen molar-refractivity contribution in [3.63, 3.8) is 0 Å². The van der Waals surface area contributed by atoms with Gasteiger partial charge in [0.15, 0.2) is 0 Å². The molecule has 2 aromatic rings. The quantitative estimate of drug-likeness (QED) is 0.741. The minimum Gasteiger partial charge on any atom is -0.380 e. The summed E-state index contributed by atoms with van der Waals surface area (Å²) in [6.45, 7) is 0.570. The fourth-order valence-corrected chi connectivity index (χ4v) is 2.47. The molecule has 0 aliphatic rings. The van der Waals surface area contributed by atoms with Crippen molar-refractivity contribution in [2.45, 2.75) is 6.54 Å². The number of hydrogen-bond donors (Lipinski definition) is 1. The number of benzene rings is 2. The zero-order valence-corrected chi connectivity index (χ0v) is 12.2. The van der Waals surface area contributed by atoms with Crippen LogP contribution < -0.4 is 5.32 Å². The maximum Gasteiger partial charge on any atom is 0.0638 e. The number of rotatable bonds is 3. The van der Waals surface area contributed by atoms with Crippen LogP contribution in [0.2, 0.25) is 20.1 Å². The van der Waals surface area contributed by atoms with E-state index >= 15 is 0 Å². The van der Waals surface area contributed by atoms with E-state index < -0.39 is 0 Å². The van der Waals surface area contributed by atoms with Crippen molar-refractivity contribution in [2.24, 2.45) is 0 Å². The van der Waals surface area contributed by atoms with Gasteiger partial charge in [-0.05, 0) is 42.0 Å². The molecule has 1 N–H and O–H groups in total. The second kappa shape index (κ2) is 6.03. The molecular formula is C13H9Cl4N. The molecule has 0 aliphatic heterocycles. The highest BCUT2D eigenvalue weighted by Crippen LogP contribution is 2.26. The molecule has 0 saturated carbocycles. The molecule has 0 bridgehead atoms. The van der Waals surface area contributed by atoms with Gasteiger partial charge >= 0.3 is 0 Å². The minimum absolute atomic E-state index is 0.570. The first kappa shape index (κ1) is 13.8. The standard InChI is InChI=1S/C13H9Cl4N/c14-9-1-2-12(17)13(6-9)18-7-8-3-10(15)5-11(16)4-8/h1-6,18H,7H2. The van der Waals surface area contributed by atoms with Crippen molar-refractivity contribution < 1.29 is 0 Å². The smallest absolute Gasteiger partial charge is 0.0638 e. The van der Waals surface area contributed by atoms with Crippen LogP contribution in [0.25, 0.3) is 0 Å². The van der Waals surface area contributed by atoms with E-state index in [1.165, 1.54) is 0 Å². The second-order valence-corrected chi connectivity index (χ2v) is 5.47. The van der Waals surface area contributed by atoms with E-state index in [1.807, 2.05) is 12.1 Å². The van der Waals surface area contributed by atoms with Gasteiger partial charge in [-0.3, -0.25) is 0 Å². The lowest BCUT2D eigenvalue weighted by molar-refractivity contribution is 1.15. The van der Waals surface area contributed by atoms with Crippen molar-refractivity contribution >= 4 is 52.1 Å². The van der Waals surface area contributed by atoms with Gasteiger partial charge in [0, 0.05) is 21.6 Å². The molecule has 0 unspecified atom stereocenters. The highest BCUT2D eigenvalue weighted by atomic mass is 35.5. The predicted octanol–water partition coefficient (Wildman–Crippen LogP) is 5.91. The molecule has 0 amide bonds. The number of hydrogen-bond acceptors (Lipinski definition) is 1. The summed E-state index contributed by atoms with van der Waals surface area (Å²) in [6.07, 6.45) is 0. The van der Waals surface area contributed by atoms with E-state index in [0.29, 0.717) is 26.6 Å². The Kier molecular flexibility index (Phi) is 4.63. The van der Waals surface area contributed by atoms with E-state index in [0.717, 1.165) is 11.3 Å². The lowest BCUT2D eigenvalue weighted by atomic mass is 10.2. The van der Waals surface area contributed by atoms with Gasteiger partial charge < -0.3 is 5.32 Å². The third kappa shape index (κ3) is 3.69. The Balaban J connectivity index is 2.13. The molecule has 0 saturated heterocycles. The number of nitrogens with one attached hydrogen (secondary N) is 1. The van der Waals surface area contributed by atoms with E-state index in [9.17, 15) is 0 Å². The monoisotopic (exact) mass is 319 g/mol. The van der Waals surface area contributed by atoms with Crippen molar-refractivity contribution in [3.8, 4) is 0 Å². The summed E-state index contributed by atoms with van der Waals surface area (Å²) < 4.78 is 0. The van der Waals surface area contributed by atoms with Crippen LogP contribution in [0.1, 0.15) is 5.56 Å². The van der Waals surface area contributed by atoms with Gasteiger partial charge in [0.2, 0.25) is 0 Å². The Morgan fingerprint density at radius 3 is 2.11 bits per heavy atom. The maximum absolute atomic E-state index is 6.05. The number of anilines is 1. The molecule has 1 nitrogen and oxygen atoms in total. The largest absolute Gasteiger partial charge is 0.380 e. The Morgan fingerprint density at radius 1 is 0.778 bits per heavy atom. The highest BCUT2D eigenvalue weighted by Gasteiger charge is 2.02. The lowest BCUT2D eigenvalue weighted by Gasteiger charge is -2.09. The molecule has 0 spiro atoms. The van der Waals surface area contributed by atoms with Gasteiger partial charge in [-0.15, -0.1) is 0 Å². The van der Waals surface area contributed by atoms with Gasteiger partial charge in [-0.1, -0.05) is 46.4 Å². The SMILES string of the molecule is Clc1cc(Cl)cc(CNc2cc(Cl)ccc2Cl)c1. The average Bonchev–Trinajstić information content (AvgIpc) is 2.29. The molecule has 0 aromatic heterocycles. The van der Waals surface area contributed by atoms with Gasteiger partial charge in [-0.2, -0.15) is 0 Å². The van der Waals surface area contributed by atoms with E-state index in [1.54, 1.807) is 24.3 Å². The normalized spacial score (nSPS) is 10.4. The Bertz CT molecular complexity index is 549. The molecule has 2 aromatic carbocycles. The summed E-state index contributed by atoms with van der Waals surface area (Å²) in [7, 11) is 0. The fraction of sp³-hybridized carbons (Fsp3) is 0.0769. The van der Waals surface area contributed by atoms with Crippen molar-refractivity contribution in [3.05, 3.63) is 62.1 Å². The van der Waals surface area contributed by atoms with Crippen LogP contribution in [0.15, 0.2) is 36.4 Å². The molecule has 0 aliphatic carbocycles. The van der Waals surface area contributed by atoms with Crippen LogP contribution in [0, 0.1) is 0 Å². The molecule has 0 radical (unpaired) electrons. The maximum atomic E-state index is 6.05. The van der Waals surface area contributed by atoms with Crippen LogP contribution in [0.5, 0.6) is 0 Å². The Hall–Kier alpha value is -0.600. The summed E-state index contributed by atoms with van der Waals surface area (Å²) in [6, 6.07) is 10.6. The van der Waals surface area contributed by atoms with E-state index in [4.69, 9.17) is 46.4 Å². The molecule has 18 heavy (non-hydrogen) atoms. The van der Waals surface area contributed by atoms with Gasteiger partial charge in [0.05, 0.1) is 10.7 Å². The summed E-state index contributed by atoms with van der Waals surface area (Å²) in [5.74, 6) is 0. The van der Waals surface area contributed by atoms with Crippen LogP contribution in [0.4, 0.5) is 5.69 Å². The predicted molar refractivity (Wildman–Crippen MR) is 80.3 cm³/mol. The molecule has 2 rings (SSSR count). The van der Waals surface area contributed by atoms with E-state index in [2.05, 4.69) is 5.32 Å². The topological polar surface area (TPSA) is 12.0 Å². The van der Waals surface area contributed by atoms with Gasteiger partial charge in [0.1, 0.15) is 0 Å². The fourth-order valence-electron chi connectivity index (χ4n) is 1.54. The average molecular weight is 321 g/mol. The van der Waals surface area contributed by atoms with Crippen LogP contribution in [0.3, 0.4) is 0 Å². The minimum atomic E-state index is 0.570. The van der Waals surface area contributed by atoms with Gasteiger partial charge in [0.25, 0.3) is 0 Å². The zero-order valence-electron chi connectivity index (χ0n) is 9.18. The van der Waals surface area contributed by atoms with Crippen molar-refractivity contribution in [2.75, 3.05) is 5.32 Å². The molecule has 0 heterocycles. The molecule has 0 fully saturated rings. The van der Waals surface area contributed by atoms with Crippen LogP contribution >= 0.6 is 46.4 Å².